The molecule has 222 valence electrons. The Morgan fingerprint density at radius 3 is 2.71 bits per heavy atom. The summed E-state index contributed by atoms with van der Waals surface area (Å²) in [6.45, 7) is 3.97. The predicted octanol–water partition coefficient (Wildman–Crippen LogP) is 4.58. The number of benzene rings is 2. The SMILES string of the molecule is O=C(N[C@H](CN1CCCC1)[C@H](O)c1cc(F)c2c(c1)OCCO2)[C@@H]1CCN(c2cccc(Oc3ccc(Cl)cc3)n2)C1. The highest BCUT2D eigenvalue weighted by Crippen LogP contribution is 2.37. The van der Waals surface area contributed by atoms with Gasteiger partial charge in [-0.25, -0.2) is 4.39 Å². The first kappa shape index (κ1) is 28.5. The normalized spacial score (nSPS) is 19.9. The molecule has 0 radical (unpaired) electrons. The summed E-state index contributed by atoms with van der Waals surface area (Å²) in [5.41, 5.74) is 0.344. The molecular formula is C31H34ClFN4O5. The molecular weight excluding hydrogens is 563 g/mol. The Labute approximate surface area is 249 Å². The highest BCUT2D eigenvalue weighted by molar-refractivity contribution is 6.30. The summed E-state index contributed by atoms with van der Waals surface area (Å²) in [5, 5.41) is 15.1. The number of carbonyl (C=O) groups is 1. The van der Waals surface area contributed by atoms with Crippen molar-refractivity contribution in [3.63, 3.8) is 0 Å². The molecule has 3 aliphatic heterocycles. The molecule has 2 N–H and O–H groups in total. The summed E-state index contributed by atoms with van der Waals surface area (Å²) in [6, 6.07) is 14.9. The van der Waals surface area contributed by atoms with E-state index < -0.39 is 18.0 Å². The third-order valence-electron chi connectivity index (χ3n) is 7.95. The third-order valence-corrected chi connectivity index (χ3v) is 8.20. The Bertz CT molecular complexity index is 1400. The largest absolute Gasteiger partial charge is 0.486 e. The molecule has 0 spiro atoms. The molecule has 4 heterocycles. The van der Waals surface area contributed by atoms with Crippen LogP contribution in [-0.2, 0) is 4.79 Å². The van der Waals surface area contributed by atoms with Crippen molar-refractivity contribution in [2.45, 2.75) is 31.4 Å². The number of rotatable bonds is 9. The minimum Gasteiger partial charge on any atom is -0.486 e. The molecule has 3 atom stereocenters. The molecule has 2 fully saturated rings. The number of ether oxygens (including phenoxy) is 3. The summed E-state index contributed by atoms with van der Waals surface area (Å²) < 4.78 is 31.6. The van der Waals surface area contributed by atoms with Gasteiger partial charge in [-0.1, -0.05) is 17.7 Å². The number of anilines is 1. The van der Waals surface area contributed by atoms with Gasteiger partial charge in [0.05, 0.1) is 12.0 Å². The van der Waals surface area contributed by atoms with Crippen molar-refractivity contribution in [3.8, 4) is 23.1 Å². The zero-order valence-corrected chi connectivity index (χ0v) is 23.9. The third kappa shape index (κ3) is 6.56. The van der Waals surface area contributed by atoms with E-state index in [2.05, 4.69) is 20.1 Å². The van der Waals surface area contributed by atoms with E-state index in [0.29, 0.717) is 54.9 Å². The number of aliphatic hydroxyl groups is 1. The molecule has 9 nitrogen and oxygen atoms in total. The van der Waals surface area contributed by atoms with Gasteiger partial charge in [0.2, 0.25) is 11.8 Å². The summed E-state index contributed by atoms with van der Waals surface area (Å²) >= 11 is 5.97. The summed E-state index contributed by atoms with van der Waals surface area (Å²) in [5.74, 6) is 1.09. The second kappa shape index (κ2) is 12.7. The lowest BCUT2D eigenvalue weighted by atomic mass is 9.99. The maximum absolute atomic E-state index is 14.8. The molecule has 3 aliphatic rings. The van der Waals surface area contributed by atoms with Gasteiger partial charge in [0, 0.05) is 30.7 Å². The minimum absolute atomic E-state index is 0.0552. The molecule has 2 aromatic carbocycles. The maximum atomic E-state index is 14.8. The molecule has 0 unspecified atom stereocenters. The quantitative estimate of drug-likeness (QED) is 0.371. The van der Waals surface area contributed by atoms with Crippen molar-refractivity contribution in [2.75, 3.05) is 50.8 Å². The lowest BCUT2D eigenvalue weighted by Crippen LogP contribution is -2.48. The van der Waals surface area contributed by atoms with Crippen molar-refractivity contribution in [2.24, 2.45) is 5.92 Å². The Balaban J connectivity index is 1.13. The number of aromatic nitrogens is 1. The minimum atomic E-state index is -1.12. The van der Waals surface area contributed by atoms with E-state index in [0.717, 1.165) is 31.7 Å². The van der Waals surface area contributed by atoms with E-state index in [4.69, 9.17) is 25.8 Å². The van der Waals surface area contributed by atoms with Crippen LogP contribution in [0.5, 0.6) is 23.1 Å². The smallest absolute Gasteiger partial charge is 0.225 e. The van der Waals surface area contributed by atoms with Crippen molar-refractivity contribution in [1.82, 2.24) is 15.2 Å². The molecule has 2 saturated heterocycles. The zero-order chi connectivity index (χ0) is 29.1. The first-order valence-corrected chi connectivity index (χ1v) is 14.8. The van der Waals surface area contributed by atoms with Gasteiger partial charge in [0.15, 0.2) is 17.3 Å². The van der Waals surface area contributed by atoms with Crippen LogP contribution in [0.2, 0.25) is 5.02 Å². The van der Waals surface area contributed by atoms with Gasteiger partial charge in [-0.2, -0.15) is 4.98 Å². The first-order chi connectivity index (χ1) is 20.4. The van der Waals surface area contributed by atoms with Crippen LogP contribution in [0, 0.1) is 11.7 Å². The van der Waals surface area contributed by atoms with Gasteiger partial charge in [-0.05, 0) is 80.4 Å². The van der Waals surface area contributed by atoms with Gasteiger partial charge in [-0.3, -0.25) is 4.79 Å². The van der Waals surface area contributed by atoms with Crippen LogP contribution in [-0.4, -0.2) is 72.9 Å². The maximum Gasteiger partial charge on any atom is 0.225 e. The van der Waals surface area contributed by atoms with Crippen molar-refractivity contribution >= 4 is 23.3 Å². The van der Waals surface area contributed by atoms with Gasteiger partial charge in [-0.15, -0.1) is 0 Å². The zero-order valence-electron chi connectivity index (χ0n) is 23.2. The number of amides is 1. The van der Waals surface area contributed by atoms with Crippen molar-refractivity contribution < 1.29 is 28.5 Å². The molecule has 0 saturated carbocycles. The van der Waals surface area contributed by atoms with Gasteiger partial charge in [0.25, 0.3) is 0 Å². The number of fused-ring (bicyclic) bond motifs is 1. The van der Waals surface area contributed by atoms with E-state index in [-0.39, 0.29) is 29.9 Å². The molecule has 6 rings (SSSR count). The molecule has 11 heteroatoms. The number of aliphatic hydroxyl groups excluding tert-OH is 1. The lowest BCUT2D eigenvalue weighted by molar-refractivity contribution is -0.126. The van der Waals surface area contributed by atoms with E-state index in [1.807, 2.05) is 12.1 Å². The molecule has 42 heavy (non-hydrogen) atoms. The summed E-state index contributed by atoms with van der Waals surface area (Å²) in [4.78, 5) is 22.5. The summed E-state index contributed by atoms with van der Waals surface area (Å²) in [6.07, 6.45) is 1.66. The van der Waals surface area contributed by atoms with Gasteiger partial charge < -0.3 is 34.4 Å². The lowest BCUT2D eigenvalue weighted by Gasteiger charge is -2.30. The predicted molar refractivity (Wildman–Crippen MR) is 156 cm³/mol. The Kier molecular flexibility index (Phi) is 8.64. The van der Waals surface area contributed by atoms with Crippen LogP contribution in [0.1, 0.15) is 30.9 Å². The topological polar surface area (TPSA) is 96.4 Å². The Morgan fingerprint density at radius 1 is 1.12 bits per heavy atom. The molecule has 1 aromatic heterocycles. The Hall–Kier alpha value is -3.60. The number of hydrogen-bond donors (Lipinski definition) is 2. The number of nitrogens with one attached hydrogen (secondary N) is 1. The van der Waals surface area contributed by atoms with E-state index in [1.54, 1.807) is 36.4 Å². The van der Waals surface area contributed by atoms with Gasteiger partial charge in [0.1, 0.15) is 30.9 Å². The van der Waals surface area contributed by atoms with E-state index in [1.165, 1.54) is 6.07 Å². The van der Waals surface area contributed by atoms with Crippen molar-refractivity contribution in [1.29, 1.82) is 0 Å². The first-order valence-electron chi connectivity index (χ1n) is 14.4. The number of nitrogens with zero attached hydrogens (tertiary/aromatic N) is 3. The molecule has 1 amide bonds. The molecule has 0 bridgehead atoms. The Morgan fingerprint density at radius 2 is 1.90 bits per heavy atom. The number of likely N-dealkylation sites (tertiary alicyclic amines) is 1. The molecule has 0 aliphatic carbocycles. The number of carbonyl (C=O) groups excluding carboxylic acids is 1. The van der Waals surface area contributed by atoms with Crippen LogP contribution >= 0.6 is 11.6 Å². The molecule has 3 aromatic rings. The average Bonchev–Trinajstić information content (AvgIpc) is 3.71. The van der Waals surface area contributed by atoms with Gasteiger partial charge >= 0.3 is 0 Å². The second-order valence-electron chi connectivity index (χ2n) is 10.9. The number of hydrogen-bond acceptors (Lipinski definition) is 8. The fourth-order valence-corrected chi connectivity index (χ4v) is 5.87. The monoisotopic (exact) mass is 596 g/mol. The van der Waals surface area contributed by atoms with Crippen LogP contribution in [0.4, 0.5) is 10.2 Å². The van der Waals surface area contributed by atoms with Crippen LogP contribution in [0.15, 0.2) is 54.6 Å². The average molecular weight is 597 g/mol. The number of halogens is 2. The van der Waals surface area contributed by atoms with Crippen molar-refractivity contribution in [3.05, 3.63) is 71.0 Å². The number of pyridine rings is 1. The fraction of sp³-hybridized carbons (Fsp3) is 0.419. The van der Waals surface area contributed by atoms with Crippen LogP contribution in [0.25, 0.3) is 0 Å². The van der Waals surface area contributed by atoms with E-state index >= 15 is 0 Å². The van der Waals surface area contributed by atoms with Crippen LogP contribution < -0.4 is 24.4 Å². The highest BCUT2D eigenvalue weighted by atomic mass is 35.5. The highest BCUT2D eigenvalue weighted by Gasteiger charge is 2.34. The van der Waals surface area contributed by atoms with Crippen LogP contribution in [0.3, 0.4) is 0 Å². The summed E-state index contributed by atoms with van der Waals surface area (Å²) in [7, 11) is 0. The fourth-order valence-electron chi connectivity index (χ4n) is 5.74. The van der Waals surface area contributed by atoms with E-state index in [9.17, 15) is 14.3 Å². The second-order valence-corrected chi connectivity index (χ2v) is 11.4. The standard InChI is InChI=1S/C31H34ClFN4O5/c32-22-6-8-23(9-7-22)42-28-5-3-4-27(35-28)37-13-10-20(18-37)31(39)34-25(19-36-11-1-2-12-36)29(38)21-16-24(33)30-26(17-21)40-14-15-41-30/h3-9,16-17,20,25,29,38H,1-2,10-15,18-19H2,(H,34,39)/t20-,25-,29-/m1/s1.